The van der Waals surface area contributed by atoms with Gasteiger partial charge in [0.05, 0.1) is 10.6 Å². The molecule has 0 bridgehead atoms. The molecule has 0 aliphatic rings. The Kier molecular flexibility index (Phi) is 7.26. The van der Waals surface area contributed by atoms with Crippen LogP contribution in [0.3, 0.4) is 0 Å². The number of anilines is 1. The van der Waals surface area contributed by atoms with Crippen molar-refractivity contribution in [2.45, 2.75) is 18.2 Å². The summed E-state index contributed by atoms with van der Waals surface area (Å²) in [4.78, 5) is 33.8. The van der Waals surface area contributed by atoms with E-state index in [9.17, 15) is 36.0 Å². The van der Waals surface area contributed by atoms with Gasteiger partial charge >= 0.3 is 6.36 Å². The Morgan fingerprint density at radius 1 is 1.00 bits per heavy atom. The molecule has 2 aromatic carbocycles. The molecule has 30 heavy (non-hydrogen) atoms. The first-order chi connectivity index (χ1) is 13.9. The summed E-state index contributed by atoms with van der Waals surface area (Å²) in [6.45, 7) is 1.09. The number of rotatable bonds is 8. The molecule has 0 amide bonds. The van der Waals surface area contributed by atoms with Crippen LogP contribution in [0, 0.1) is 0 Å². The van der Waals surface area contributed by atoms with E-state index in [0.717, 1.165) is 31.2 Å². The molecular weight excluding hydrogens is 447 g/mol. The van der Waals surface area contributed by atoms with Gasteiger partial charge in [-0.2, -0.15) is 0 Å². The van der Waals surface area contributed by atoms with Crippen LogP contribution in [-0.4, -0.2) is 37.2 Å². The molecule has 0 unspecified atom stereocenters. The number of sulfonamides is 1. The van der Waals surface area contributed by atoms with Gasteiger partial charge in [-0.25, -0.2) is 8.42 Å². The zero-order valence-electron chi connectivity index (χ0n) is 15.2. The topological polar surface area (TPSA) is 107 Å². The predicted octanol–water partition coefficient (Wildman–Crippen LogP) is 3.42. The third-order valence-electron chi connectivity index (χ3n) is 3.45. The minimum atomic E-state index is -4.89. The Hall–Kier alpha value is -2.86. The molecular formula is C18H14F3NO6S2. The molecule has 2 aromatic rings. The lowest BCUT2D eigenvalue weighted by Crippen LogP contribution is -2.17. The molecule has 7 nitrogen and oxygen atoms in total. The number of ketones is 2. The van der Waals surface area contributed by atoms with Crippen molar-refractivity contribution in [1.82, 2.24) is 0 Å². The van der Waals surface area contributed by atoms with Crippen LogP contribution >= 0.6 is 11.8 Å². The number of alkyl halides is 3. The molecule has 0 heterocycles. The molecule has 0 radical (unpaired) electrons. The van der Waals surface area contributed by atoms with Crippen LogP contribution in [0.2, 0.25) is 0 Å². The van der Waals surface area contributed by atoms with Gasteiger partial charge in [-0.3, -0.25) is 19.1 Å². The fourth-order valence-corrected chi connectivity index (χ4v) is 3.77. The summed E-state index contributed by atoms with van der Waals surface area (Å²) < 4.78 is 67.1. The van der Waals surface area contributed by atoms with Crippen molar-refractivity contribution >= 4 is 44.2 Å². The van der Waals surface area contributed by atoms with Gasteiger partial charge in [-0.1, -0.05) is 11.8 Å². The summed E-state index contributed by atoms with van der Waals surface area (Å²) in [6, 6.07) is 8.91. The van der Waals surface area contributed by atoms with Gasteiger partial charge in [0.25, 0.3) is 15.1 Å². The van der Waals surface area contributed by atoms with Crippen molar-refractivity contribution < 1.29 is 40.7 Å². The van der Waals surface area contributed by atoms with E-state index >= 15 is 0 Å². The van der Waals surface area contributed by atoms with Crippen molar-refractivity contribution in [1.29, 1.82) is 0 Å². The van der Waals surface area contributed by atoms with Crippen LogP contribution < -0.4 is 9.46 Å². The highest BCUT2D eigenvalue weighted by Gasteiger charge is 2.31. The highest BCUT2D eigenvalue weighted by Crippen LogP contribution is 2.25. The molecule has 0 aliphatic heterocycles. The minimum absolute atomic E-state index is 0.106. The number of thioether (sulfide) groups is 1. The van der Waals surface area contributed by atoms with Crippen molar-refractivity contribution in [2.75, 3.05) is 10.5 Å². The molecule has 160 valence electrons. The van der Waals surface area contributed by atoms with Crippen LogP contribution in [0.4, 0.5) is 18.9 Å². The van der Waals surface area contributed by atoms with Crippen LogP contribution in [0.15, 0.2) is 53.4 Å². The molecule has 0 saturated heterocycles. The van der Waals surface area contributed by atoms with Gasteiger partial charge in [-0.05, 0) is 48.5 Å². The van der Waals surface area contributed by atoms with Crippen molar-refractivity contribution in [2.24, 2.45) is 0 Å². The molecule has 0 spiro atoms. The van der Waals surface area contributed by atoms with E-state index in [1.54, 1.807) is 0 Å². The maximum absolute atomic E-state index is 12.3. The normalized spacial score (nSPS) is 11.6. The molecule has 0 fully saturated rings. The fraction of sp³-hybridized carbons (Fsp3) is 0.167. The van der Waals surface area contributed by atoms with E-state index in [2.05, 4.69) is 9.46 Å². The highest BCUT2D eigenvalue weighted by molar-refractivity contribution is 8.15. The van der Waals surface area contributed by atoms with Gasteiger partial charge < -0.3 is 4.74 Å². The summed E-state index contributed by atoms with van der Waals surface area (Å²) in [7, 11) is -4.10. The summed E-state index contributed by atoms with van der Waals surface area (Å²) in [5.74, 6) is -1.90. The fourth-order valence-electron chi connectivity index (χ4n) is 2.07. The van der Waals surface area contributed by atoms with Crippen LogP contribution in [0.5, 0.6) is 5.75 Å². The predicted molar refractivity (Wildman–Crippen MR) is 103 cm³/mol. The van der Waals surface area contributed by atoms with E-state index in [1.807, 2.05) is 0 Å². The van der Waals surface area contributed by atoms with Gasteiger partial charge in [0.1, 0.15) is 5.75 Å². The van der Waals surface area contributed by atoms with E-state index in [-0.39, 0.29) is 21.9 Å². The second-order valence-electron chi connectivity index (χ2n) is 5.76. The third-order valence-corrected chi connectivity index (χ3v) is 5.80. The quantitative estimate of drug-likeness (QED) is 0.474. The molecule has 0 aliphatic carbocycles. The van der Waals surface area contributed by atoms with Crippen LogP contribution in [0.1, 0.15) is 17.3 Å². The number of ether oxygens (including phenoxy) is 1. The monoisotopic (exact) mass is 461 g/mol. The van der Waals surface area contributed by atoms with Crippen molar-refractivity contribution in [3.05, 3.63) is 54.1 Å². The van der Waals surface area contributed by atoms with Crippen LogP contribution in [-0.2, 0) is 19.6 Å². The highest BCUT2D eigenvalue weighted by atomic mass is 32.2. The molecule has 0 saturated carbocycles. The average molecular weight is 461 g/mol. The van der Waals surface area contributed by atoms with Crippen LogP contribution in [0.25, 0.3) is 0 Å². The van der Waals surface area contributed by atoms with Gasteiger partial charge in [0.2, 0.25) is 5.78 Å². The second kappa shape index (κ2) is 9.30. The summed E-state index contributed by atoms with van der Waals surface area (Å²) in [5.41, 5.74) is 0.310. The number of carbonyl (C=O) groups excluding carboxylic acids is 3. The Morgan fingerprint density at radius 2 is 1.57 bits per heavy atom. The van der Waals surface area contributed by atoms with E-state index in [4.69, 9.17) is 0 Å². The standard InChI is InChI=1S/C18H14F3NO6S2/c1-11(23)17(25)29-10-16(24)12-2-4-13(5-3-12)22-30(26,27)15-8-6-14(7-9-15)28-18(19,20)21/h2-9,22H,10H2,1H3. The number of benzene rings is 2. The Bertz CT molecular complexity index is 1050. The zero-order valence-corrected chi connectivity index (χ0v) is 16.9. The summed E-state index contributed by atoms with van der Waals surface area (Å²) >= 11 is 0.573. The average Bonchev–Trinajstić information content (AvgIpc) is 2.65. The number of carbonyl (C=O) groups is 3. The SMILES string of the molecule is CC(=O)C(=O)SCC(=O)c1ccc(NS(=O)(=O)c2ccc(OC(F)(F)F)cc2)cc1. The molecule has 0 aromatic heterocycles. The zero-order chi connectivity index (χ0) is 22.5. The van der Waals surface area contributed by atoms with Gasteiger partial charge in [0, 0.05) is 18.2 Å². The first kappa shape index (κ1) is 23.4. The molecule has 2 rings (SSSR count). The maximum atomic E-state index is 12.3. The van der Waals surface area contributed by atoms with Crippen molar-refractivity contribution in [3.63, 3.8) is 0 Å². The number of hydrogen-bond acceptors (Lipinski definition) is 7. The van der Waals surface area contributed by atoms with Crippen molar-refractivity contribution in [3.8, 4) is 5.75 Å². The lowest BCUT2D eigenvalue weighted by atomic mass is 10.1. The molecule has 12 heteroatoms. The molecule has 0 atom stereocenters. The Labute approximate surface area is 173 Å². The third kappa shape index (κ3) is 6.88. The Balaban J connectivity index is 2.04. The number of halogens is 3. The van der Waals surface area contributed by atoms with E-state index in [1.165, 1.54) is 24.3 Å². The second-order valence-corrected chi connectivity index (χ2v) is 8.39. The maximum Gasteiger partial charge on any atom is 0.573 e. The largest absolute Gasteiger partial charge is 0.573 e. The summed E-state index contributed by atoms with van der Waals surface area (Å²) in [6.07, 6.45) is -4.89. The first-order valence-corrected chi connectivity index (χ1v) is 10.5. The number of nitrogens with one attached hydrogen (secondary N) is 1. The smallest absolute Gasteiger partial charge is 0.406 e. The number of hydrogen-bond donors (Lipinski definition) is 1. The lowest BCUT2D eigenvalue weighted by Gasteiger charge is -2.11. The molecule has 1 N–H and O–H groups in total. The number of Topliss-reactive ketones (excluding diaryl/α,β-unsaturated/α-hetero) is 2. The first-order valence-electron chi connectivity index (χ1n) is 8.07. The minimum Gasteiger partial charge on any atom is -0.406 e. The lowest BCUT2D eigenvalue weighted by molar-refractivity contribution is -0.274. The summed E-state index contributed by atoms with van der Waals surface area (Å²) in [5, 5.41) is -0.737. The van der Waals surface area contributed by atoms with E-state index in [0.29, 0.717) is 11.8 Å². The van der Waals surface area contributed by atoms with E-state index < -0.39 is 38.8 Å². The van der Waals surface area contributed by atoms with Gasteiger partial charge in [-0.15, -0.1) is 13.2 Å². The Morgan fingerprint density at radius 3 is 2.07 bits per heavy atom. The van der Waals surface area contributed by atoms with Gasteiger partial charge in [0.15, 0.2) is 5.78 Å².